The SMILES string of the molecule is CCOC(=O)CCC(=O)c1c(C)nn(C)c1OC. The molecule has 6 heteroatoms. The van der Waals surface area contributed by atoms with Gasteiger partial charge in [0.2, 0.25) is 5.88 Å². The minimum atomic E-state index is -0.369. The van der Waals surface area contributed by atoms with E-state index in [-0.39, 0.29) is 24.6 Å². The number of hydrogen-bond acceptors (Lipinski definition) is 5. The molecule has 100 valence electrons. The molecule has 0 aromatic carbocycles. The smallest absolute Gasteiger partial charge is 0.306 e. The van der Waals surface area contributed by atoms with Gasteiger partial charge in [-0.25, -0.2) is 4.68 Å². The highest BCUT2D eigenvalue weighted by atomic mass is 16.5. The van der Waals surface area contributed by atoms with Crippen LogP contribution in [0.5, 0.6) is 5.88 Å². The van der Waals surface area contributed by atoms with Gasteiger partial charge in [0.15, 0.2) is 5.78 Å². The Balaban J connectivity index is 2.75. The molecule has 0 bridgehead atoms. The van der Waals surface area contributed by atoms with Crippen molar-refractivity contribution >= 4 is 11.8 Å². The maximum Gasteiger partial charge on any atom is 0.306 e. The number of rotatable bonds is 6. The maximum absolute atomic E-state index is 12.0. The summed E-state index contributed by atoms with van der Waals surface area (Å²) in [6, 6.07) is 0. The van der Waals surface area contributed by atoms with Crippen LogP contribution in [0.2, 0.25) is 0 Å². The van der Waals surface area contributed by atoms with E-state index in [1.165, 1.54) is 11.8 Å². The van der Waals surface area contributed by atoms with Crippen molar-refractivity contribution in [3.05, 3.63) is 11.3 Å². The van der Waals surface area contributed by atoms with Gasteiger partial charge in [-0.3, -0.25) is 9.59 Å². The predicted octanol–water partition coefficient (Wildman–Crippen LogP) is 1.26. The molecule has 0 aliphatic carbocycles. The number of carbonyl (C=O) groups excluding carboxylic acids is 2. The molecule has 0 unspecified atom stereocenters. The molecule has 0 atom stereocenters. The van der Waals surface area contributed by atoms with Gasteiger partial charge < -0.3 is 9.47 Å². The van der Waals surface area contributed by atoms with E-state index in [0.29, 0.717) is 23.7 Å². The van der Waals surface area contributed by atoms with E-state index in [1.54, 1.807) is 20.9 Å². The Bertz CT molecular complexity index is 451. The van der Waals surface area contributed by atoms with Crippen molar-refractivity contribution in [1.29, 1.82) is 0 Å². The van der Waals surface area contributed by atoms with E-state index in [1.807, 2.05) is 0 Å². The van der Waals surface area contributed by atoms with Crippen LogP contribution in [0.4, 0.5) is 0 Å². The van der Waals surface area contributed by atoms with Crippen molar-refractivity contribution in [3.63, 3.8) is 0 Å². The third kappa shape index (κ3) is 3.09. The Kier molecular flexibility index (Phi) is 4.88. The quantitative estimate of drug-likeness (QED) is 0.564. The summed E-state index contributed by atoms with van der Waals surface area (Å²) in [5, 5.41) is 4.12. The summed E-state index contributed by atoms with van der Waals surface area (Å²) in [5.41, 5.74) is 1.03. The molecule has 1 aromatic rings. The zero-order valence-corrected chi connectivity index (χ0v) is 11.1. The molecule has 1 rings (SSSR count). The van der Waals surface area contributed by atoms with Crippen LogP contribution in [0.3, 0.4) is 0 Å². The van der Waals surface area contributed by atoms with E-state index in [4.69, 9.17) is 9.47 Å². The van der Waals surface area contributed by atoms with Gasteiger partial charge in [-0.15, -0.1) is 0 Å². The topological polar surface area (TPSA) is 70.4 Å². The Morgan fingerprint density at radius 1 is 1.33 bits per heavy atom. The van der Waals surface area contributed by atoms with Gasteiger partial charge in [-0.05, 0) is 13.8 Å². The van der Waals surface area contributed by atoms with Crippen LogP contribution in [0.15, 0.2) is 0 Å². The van der Waals surface area contributed by atoms with Crippen molar-refractivity contribution in [3.8, 4) is 5.88 Å². The number of carbonyl (C=O) groups is 2. The second-order valence-electron chi connectivity index (χ2n) is 3.82. The molecule has 0 aliphatic rings. The van der Waals surface area contributed by atoms with Crippen LogP contribution in [0, 0.1) is 6.92 Å². The van der Waals surface area contributed by atoms with Crippen molar-refractivity contribution in [2.45, 2.75) is 26.7 Å². The summed E-state index contributed by atoms with van der Waals surface area (Å²) < 4.78 is 11.4. The van der Waals surface area contributed by atoms with Gasteiger partial charge >= 0.3 is 5.97 Å². The standard InChI is InChI=1S/C12H18N2O4/c1-5-18-10(16)7-6-9(15)11-8(2)13-14(3)12(11)17-4/h5-7H2,1-4H3. The van der Waals surface area contributed by atoms with Crippen LogP contribution in [0.25, 0.3) is 0 Å². The second-order valence-corrected chi connectivity index (χ2v) is 3.82. The molecule has 0 radical (unpaired) electrons. The van der Waals surface area contributed by atoms with Gasteiger partial charge in [0.05, 0.1) is 25.8 Å². The van der Waals surface area contributed by atoms with Crippen molar-refractivity contribution in [1.82, 2.24) is 9.78 Å². The predicted molar refractivity (Wildman–Crippen MR) is 64.7 cm³/mol. The largest absolute Gasteiger partial charge is 0.481 e. The third-order valence-electron chi connectivity index (χ3n) is 2.50. The molecule has 0 aliphatic heterocycles. The van der Waals surface area contributed by atoms with Crippen LogP contribution < -0.4 is 4.74 Å². The number of nitrogens with zero attached hydrogens (tertiary/aromatic N) is 2. The zero-order chi connectivity index (χ0) is 13.7. The average molecular weight is 254 g/mol. The van der Waals surface area contributed by atoms with Gasteiger partial charge in [-0.2, -0.15) is 5.10 Å². The number of hydrogen-bond donors (Lipinski definition) is 0. The number of esters is 1. The minimum Gasteiger partial charge on any atom is -0.481 e. The molecule has 18 heavy (non-hydrogen) atoms. The van der Waals surface area contributed by atoms with E-state index in [0.717, 1.165) is 0 Å². The summed E-state index contributed by atoms with van der Waals surface area (Å²) in [4.78, 5) is 23.2. The number of methoxy groups -OCH3 is 1. The molecular weight excluding hydrogens is 236 g/mol. The molecule has 1 heterocycles. The fourth-order valence-corrected chi connectivity index (χ4v) is 1.77. The first-order valence-corrected chi connectivity index (χ1v) is 5.77. The van der Waals surface area contributed by atoms with Gasteiger partial charge in [0.25, 0.3) is 0 Å². The van der Waals surface area contributed by atoms with Crippen LogP contribution in [-0.4, -0.2) is 35.2 Å². The highest BCUT2D eigenvalue weighted by Crippen LogP contribution is 2.22. The van der Waals surface area contributed by atoms with E-state index in [2.05, 4.69) is 5.10 Å². The molecule has 0 amide bonds. The fourth-order valence-electron chi connectivity index (χ4n) is 1.77. The molecule has 6 nitrogen and oxygen atoms in total. The summed E-state index contributed by atoms with van der Waals surface area (Å²) in [6.07, 6.45) is 0.173. The molecule has 0 saturated carbocycles. The van der Waals surface area contributed by atoms with Gasteiger partial charge in [-0.1, -0.05) is 0 Å². The van der Waals surface area contributed by atoms with E-state index in [9.17, 15) is 9.59 Å². The lowest BCUT2D eigenvalue weighted by molar-refractivity contribution is -0.143. The number of aromatic nitrogens is 2. The highest BCUT2D eigenvalue weighted by Gasteiger charge is 2.21. The Morgan fingerprint density at radius 3 is 2.56 bits per heavy atom. The fraction of sp³-hybridized carbons (Fsp3) is 0.583. The molecule has 0 fully saturated rings. The third-order valence-corrected chi connectivity index (χ3v) is 2.50. The van der Waals surface area contributed by atoms with E-state index >= 15 is 0 Å². The molecule has 0 N–H and O–H groups in total. The lowest BCUT2D eigenvalue weighted by atomic mass is 10.1. The number of aryl methyl sites for hydroxylation is 2. The first-order valence-electron chi connectivity index (χ1n) is 5.77. The summed E-state index contributed by atoms with van der Waals surface area (Å²) >= 11 is 0. The monoisotopic (exact) mass is 254 g/mol. The molecule has 0 spiro atoms. The first kappa shape index (κ1) is 14.2. The van der Waals surface area contributed by atoms with E-state index < -0.39 is 0 Å². The number of ketones is 1. The average Bonchev–Trinajstić information content (AvgIpc) is 2.60. The lowest BCUT2D eigenvalue weighted by Crippen LogP contribution is -2.09. The molecule has 0 saturated heterocycles. The van der Waals surface area contributed by atoms with Crippen LogP contribution in [-0.2, 0) is 16.6 Å². The molecule has 1 aromatic heterocycles. The highest BCUT2D eigenvalue weighted by molar-refractivity contribution is 6.00. The van der Waals surface area contributed by atoms with Crippen molar-refractivity contribution < 1.29 is 19.1 Å². The summed E-state index contributed by atoms with van der Waals surface area (Å²) in [7, 11) is 3.19. The molecular formula is C12H18N2O4. The van der Waals surface area contributed by atoms with Crippen molar-refractivity contribution in [2.24, 2.45) is 7.05 Å². The summed E-state index contributed by atoms with van der Waals surface area (Å²) in [6.45, 7) is 3.79. The Morgan fingerprint density at radius 2 is 2.00 bits per heavy atom. The number of Topliss-reactive ketones (excluding diaryl/α,β-unsaturated/α-hetero) is 1. The van der Waals surface area contributed by atoms with Gasteiger partial charge in [0, 0.05) is 13.5 Å². The Labute approximate surface area is 106 Å². The first-order chi connectivity index (χ1) is 8.51. The maximum atomic E-state index is 12.0. The zero-order valence-electron chi connectivity index (χ0n) is 11.1. The summed E-state index contributed by atoms with van der Waals surface area (Å²) in [5.74, 6) is -0.113. The lowest BCUT2D eigenvalue weighted by Gasteiger charge is -2.04. The van der Waals surface area contributed by atoms with Crippen LogP contribution in [0.1, 0.15) is 35.8 Å². The number of ether oxygens (including phenoxy) is 2. The minimum absolute atomic E-state index is 0.0736. The normalized spacial score (nSPS) is 10.2. The van der Waals surface area contributed by atoms with Gasteiger partial charge in [0.1, 0.15) is 5.56 Å². The Hall–Kier alpha value is -1.85. The van der Waals surface area contributed by atoms with Crippen molar-refractivity contribution in [2.75, 3.05) is 13.7 Å². The van der Waals surface area contributed by atoms with Crippen LogP contribution >= 0.6 is 0 Å². The second kappa shape index (κ2) is 6.18.